The number of hydrogen-bond acceptors (Lipinski definition) is 2. The average Bonchev–Trinajstić information content (AvgIpc) is 2.70. The fourth-order valence-corrected chi connectivity index (χ4v) is 2.67. The maximum atomic E-state index is 13.9. The first-order chi connectivity index (χ1) is 13.1. The molecule has 136 valence electrons. The van der Waals surface area contributed by atoms with Gasteiger partial charge in [-0.05, 0) is 29.8 Å². The molecule has 0 radical (unpaired) electrons. The maximum absolute atomic E-state index is 13.9. The van der Waals surface area contributed by atoms with Gasteiger partial charge in [0.25, 0.3) is 5.91 Å². The lowest BCUT2D eigenvalue weighted by atomic mass is 10.0. The molecule has 5 heteroatoms. The number of rotatable bonds is 6. The zero-order valence-corrected chi connectivity index (χ0v) is 14.6. The van der Waals surface area contributed by atoms with Crippen LogP contribution in [-0.2, 0) is 11.2 Å². The number of nitrogens with one attached hydrogen (secondary N) is 2. The first-order valence-corrected chi connectivity index (χ1v) is 8.59. The Morgan fingerprint density at radius 2 is 1.41 bits per heavy atom. The van der Waals surface area contributed by atoms with Gasteiger partial charge in [0.1, 0.15) is 11.9 Å². The van der Waals surface area contributed by atoms with E-state index in [4.69, 9.17) is 0 Å². The van der Waals surface area contributed by atoms with Crippen molar-refractivity contribution < 1.29 is 14.0 Å². The SMILES string of the molecule is O=C(N[C@@H](Cc1ccccc1)C(=O)Nc1ccccc1F)c1ccccc1. The minimum atomic E-state index is -0.847. The van der Waals surface area contributed by atoms with E-state index in [-0.39, 0.29) is 11.6 Å². The van der Waals surface area contributed by atoms with E-state index in [0.717, 1.165) is 5.56 Å². The molecule has 27 heavy (non-hydrogen) atoms. The molecule has 0 unspecified atom stereocenters. The van der Waals surface area contributed by atoms with Gasteiger partial charge in [-0.25, -0.2) is 4.39 Å². The largest absolute Gasteiger partial charge is 0.340 e. The summed E-state index contributed by atoms with van der Waals surface area (Å²) in [6.45, 7) is 0. The molecule has 3 aromatic carbocycles. The molecule has 0 fully saturated rings. The zero-order chi connectivity index (χ0) is 19.1. The van der Waals surface area contributed by atoms with Crippen LogP contribution in [0.25, 0.3) is 0 Å². The van der Waals surface area contributed by atoms with Crippen molar-refractivity contribution in [3.8, 4) is 0 Å². The van der Waals surface area contributed by atoms with Crippen LogP contribution in [-0.4, -0.2) is 17.9 Å². The topological polar surface area (TPSA) is 58.2 Å². The number of amides is 2. The van der Waals surface area contributed by atoms with Crippen LogP contribution in [0, 0.1) is 5.82 Å². The average molecular weight is 362 g/mol. The lowest BCUT2D eigenvalue weighted by Crippen LogP contribution is -2.45. The summed E-state index contributed by atoms with van der Waals surface area (Å²) in [6, 6.07) is 23.1. The van der Waals surface area contributed by atoms with Crippen molar-refractivity contribution in [2.75, 3.05) is 5.32 Å². The Balaban J connectivity index is 1.79. The lowest BCUT2D eigenvalue weighted by molar-refractivity contribution is -0.118. The molecule has 0 aliphatic rings. The monoisotopic (exact) mass is 362 g/mol. The molecule has 2 amide bonds. The molecule has 0 saturated heterocycles. The highest BCUT2D eigenvalue weighted by molar-refractivity contribution is 6.01. The van der Waals surface area contributed by atoms with Gasteiger partial charge in [-0.2, -0.15) is 0 Å². The van der Waals surface area contributed by atoms with Crippen molar-refractivity contribution in [3.63, 3.8) is 0 Å². The second kappa shape index (κ2) is 8.76. The van der Waals surface area contributed by atoms with E-state index in [2.05, 4.69) is 10.6 Å². The van der Waals surface area contributed by atoms with E-state index in [1.807, 2.05) is 36.4 Å². The molecule has 0 aliphatic heterocycles. The first kappa shape index (κ1) is 18.3. The number of benzene rings is 3. The number of hydrogen-bond donors (Lipinski definition) is 2. The lowest BCUT2D eigenvalue weighted by Gasteiger charge is -2.19. The van der Waals surface area contributed by atoms with Crippen molar-refractivity contribution in [3.05, 3.63) is 102 Å². The van der Waals surface area contributed by atoms with Crippen LogP contribution < -0.4 is 10.6 Å². The molecule has 0 spiro atoms. The molecule has 0 aliphatic carbocycles. The molecule has 2 N–H and O–H groups in total. The Morgan fingerprint density at radius 3 is 2.07 bits per heavy atom. The van der Waals surface area contributed by atoms with Crippen LogP contribution in [0.2, 0.25) is 0 Å². The van der Waals surface area contributed by atoms with E-state index in [0.29, 0.717) is 12.0 Å². The summed E-state index contributed by atoms with van der Waals surface area (Å²) in [6.07, 6.45) is 0.291. The third-order valence-electron chi connectivity index (χ3n) is 4.07. The Labute approximate surface area is 157 Å². The smallest absolute Gasteiger partial charge is 0.251 e. The number of halogens is 1. The Hall–Kier alpha value is -3.47. The van der Waals surface area contributed by atoms with E-state index in [1.165, 1.54) is 12.1 Å². The molecule has 0 bridgehead atoms. The minimum Gasteiger partial charge on any atom is -0.340 e. The van der Waals surface area contributed by atoms with Crippen molar-refractivity contribution in [1.29, 1.82) is 0 Å². The quantitative estimate of drug-likeness (QED) is 0.701. The molecule has 3 aromatic rings. The number of carbonyl (C=O) groups excluding carboxylic acids is 2. The van der Waals surface area contributed by atoms with Crippen LogP contribution in [0.5, 0.6) is 0 Å². The number of anilines is 1. The second-order valence-electron chi connectivity index (χ2n) is 6.05. The van der Waals surface area contributed by atoms with Gasteiger partial charge in [-0.1, -0.05) is 60.7 Å². The summed E-state index contributed by atoms with van der Waals surface area (Å²) in [7, 11) is 0. The third kappa shape index (κ3) is 5.01. The highest BCUT2D eigenvalue weighted by Crippen LogP contribution is 2.14. The Bertz CT molecular complexity index is 914. The minimum absolute atomic E-state index is 0.0783. The van der Waals surface area contributed by atoms with Crippen molar-refractivity contribution >= 4 is 17.5 Å². The van der Waals surface area contributed by atoms with E-state index in [1.54, 1.807) is 36.4 Å². The standard InChI is InChI=1S/C22H19FN2O2/c23-18-13-7-8-14-19(18)24-22(27)20(15-16-9-3-1-4-10-16)25-21(26)17-11-5-2-6-12-17/h1-14,20H,15H2,(H,24,27)(H,25,26)/t20-/m0/s1. The van der Waals surface area contributed by atoms with Crippen LogP contribution in [0.15, 0.2) is 84.9 Å². The van der Waals surface area contributed by atoms with Gasteiger partial charge in [-0.15, -0.1) is 0 Å². The normalized spacial score (nSPS) is 11.4. The molecular formula is C22H19FN2O2. The summed E-state index contributed by atoms with van der Waals surface area (Å²) in [5, 5.41) is 5.31. The van der Waals surface area contributed by atoms with Gasteiger partial charge < -0.3 is 10.6 Å². The van der Waals surface area contributed by atoms with E-state index < -0.39 is 17.8 Å². The van der Waals surface area contributed by atoms with Gasteiger partial charge >= 0.3 is 0 Å². The summed E-state index contributed by atoms with van der Waals surface area (Å²) >= 11 is 0. The second-order valence-corrected chi connectivity index (χ2v) is 6.05. The van der Waals surface area contributed by atoms with Crippen LogP contribution in [0.4, 0.5) is 10.1 Å². The maximum Gasteiger partial charge on any atom is 0.251 e. The van der Waals surface area contributed by atoms with Crippen molar-refractivity contribution in [2.24, 2.45) is 0 Å². The summed E-state index contributed by atoms with van der Waals surface area (Å²) in [5.41, 5.74) is 1.42. The zero-order valence-electron chi connectivity index (χ0n) is 14.6. The molecule has 0 heterocycles. The molecule has 3 rings (SSSR count). The highest BCUT2D eigenvalue weighted by Gasteiger charge is 2.22. The molecule has 1 atom stereocenters. The van der Waals surface area contributed by atoms with E-state index in [9.17, 15) is 14.0 Å². The fraction of sp³-hybridized carbons (Fsp3) is 0.0909. The van der Waals surface area contributed by atoms with Gasteiger partial charge in [-0.3, -0.25) is 9.59 Å². The predicted octanol–water partition coefficient (Wildman–Crippen LogP) is 3.81. The summed E-state index contributed by atoms with van der Waals surface area (Å²) < 4.78 is 13.9. The first-order valence-electron chi connectivity index (χ1n) is 8.59. The highest BCUT2D eigenvalue weighted by atomic mass is 19.1. The summed E-state index contributed by atoms with van der Waals surface area (Å²) in [4.78, 5) is 25.2. The van der Waals surface area contributed by atoms with Gasteiger partial charge in [0, 0.05) is 12.0 Å². The van der Waals surface area contributed by atoms with Gasteiger partial charge in [0.05, 0.1) is 5.69 Å². The van der Waals surface area contributed by atoms with E-state index >= 15 is 0 Å². The van der Waals surface area contributed by atoms with Crippen LogP contribution in [0.3, 0.4) is 0 Å². The number of carbonyl (C=O) groups is 2. The molecule has 4 nitrogen and oxygen atoms in total. The molecule has 0 saturated carbocycles. The molecule has 0 aromatic heterocycles. The Morgan fingerprint density at radius 1 is 0.815 bits per heavy atom. The predicted molar refractivity (Wildman–Crippen MR) is 103 cm³/mol. The van der Waals surface area contributed by atoms with Crippen LogP contribution in [0.1, 0.15) is 15.9 Å². The van der Waals surface area contributed by atoms with Gasteiger partial charge in [0.2, 0.25) is 5.91 Å². The van der Waals surface area contributed by atoms with Crippen molar-refractivity contribution in [2.45, 2.75) is 12.5 Å². The van der Waals surface area contributed by atoms with Gasteiger partial charge in [0.15, 0.2) is 0 Å². The number of para-hydroxylation sites is 1. The summed E-state index contributed by atoms with van der Waals surface area (Å²) in [5.74, 6) is -1.37. The third-order valence-corrected chi connectivity index (χ3v) is 4.07. The van der Waals surface area contributed by atoms with Crippen molar-refractivity contribution in [1.82, 2.24) is 5.32 Å². The molecular weight excluding hydrogens is 343 g/mol. The fourth-order valence-electron chi connectivity index (χ4n) is 2.67. The van der Waals surface area contributed by atoms with Crippen LogP contribution >= 0.6 is 0 Å². The Kier molecular flexibility index (Phi) is 5.94.